The molecule has 0 aliphatic carbocycles. The molecule has 1 N–H and O–H groups in total. The first-order chi connectivity index (χ1) is 10.5. The van der Waals surface area contributed by atoms with Crippen LogP contribution in [-0.2, 0) is 6.54 Å². The number of carbonyl (C=O) groups excluding carboxylic acids is 1. The molecule has 5 heteroatoms. The Bertz CT molecular complexity index is 649. The molecule has 0 radical (unpaired) electrons. The minimum Gasteiger partial charge on any atom is -0.356 e. The number of carbonyl (C=O) groups is 1. The summed E-state index contributed by atoms with van der Waals surface area (Å²) in [6.45, 7) is 7.21. The first kappa shape index (κ1) is 16.1. The standard InChI is InChI=1S/C17H23N3O2/c1-5-8-18-17(21)20(4)11-14-10-16(22-19-14)15-9-12(2)6-7-13(15)3/h6-7,9-10H,5,8,11H2,1-4H3,(H,18,21). The molecule has 0 saturated carbocycles. The molecule has 2 amide bonds. The van der Waals surface area contributed by atoms with E-state index in [9.17, 15) is 4.79 Å². The predicted octanol–water partition coefficient (Wildman–Crippen LogP) is 3.51. The van der Waals surface area contributed by atoms with Crippen molar-refractivity contribution in [3.63, 3.8) is 0 Å². The topological polar surface area (TPSA) is 58.4 Å². The first-order valence-corrected chi connectivity index (χ1v) is 7.53. The predicted molar refractivity (Wildman–Crippen MR) is 86.6 cm³/mol. The molecule has 0 aliphatic rings. The summed E-state index contributed by atoms with van der Waals surface area (Å²) in [7, 11) is 1.75. The minimum atomic E-state index is -0.0989. The number of benzene rings is 1. The first-order valence-electron chi connectivity index (χ1n) is 7.53. The van der Waals surface area contributed by atoms with Crippen LogP contribution in [0.25, 0.3) is 11.3 Å². The third-order valence-corrected chi connectivity index (χ3v) is 3.49. The summed E-state index contributed by atoms with van der Waals surface area (Å²) in [5, 5.41) is 6.91. The van der Waals surface area contributed by atoms with Crippen LogP contribution >= 0.6 is 0 Å². The number of nitrogens with zero attached hydrogens (tertiary/aromatic N) is 2. The van der Waals surface area contributed by atoms with Gasteiger partial charge < -0.3 is 14.7 Å². The average Bonchev–Trinajstić information content (AvgIpc) is 2.95. The molecule has 0 spiro atoms. The van der Waals surface area contributed by atoms with Crippen molar-refractivity contribution in [1.82, 2.24) is 15.4 Å². The highest BCUT2D eigenvalue weighted by atomic mass is 16.5. The summed E-state index contributed by atoms with van der Waals surface area (Å²) < 4.78 is 5.44. The van der Waals surface area contributed by atoms with E-state index < -0.39 is 0 Å². The summed E-state index contributed by atoms with van der Waals surface area (Å²) in [6.07, 6.45) is 0.917. The van der Waals surface area contributed by atoms with Gasteiger partial charge in [-0.15, -0.1) is 0 Å². The van der Waals surface area contributed by atoms with Crippen LogP contribution in [0, 0.1) is 13.8 Å². The van der Waals surface area contributed by atoms with Gasteiger partial charge in [0.05, 0.1) is 6.54 Å². The summed E-state index contributed by atoms with van der Waals surface area (Å²) in [6, 6.07) is 8.01. The normalized spacial score (nSPS) is 10.5. The van der Waals surface area contributed by atoms with Crippen molar-refractivity contribution >= 4 is 6.03 Å². The van der Waals surface area contributed by atoms with E-state index in [2.05, 4.69) is 28.7 Å². The second-order valence-electron chi connectivity index (χ2n) is 5.59. The fraction of sp³-hybridized carbons (Fsp3) is 0.412. The highest BCUT2D eigenvalue weighted by molar-refractivity contribution is 5.73. The molecule has 118 valence electrons. The maximum Gasteiger partial charge on any atom is 0.317 e. The Kier molecular flexibility index (Phi) is 5.20. The van der Waals surface area contributed by atoms with E-state index >= 15 is 0 Å². The molecule has 0 unspecified atom stereocenters. The fourth-order valence-corrected chi connectivity index (χ4v) is 2.20. The molecule has 0 bridgehead atoms. The van der Waals surface area contributed by atoms with E-state index in [4.69, 9.17) is 4.52 Å². The highest BCUT2D eigenvalue weighted by Crippen LogP contribution is 2.25. The maximum absolute atomic E-state index is 11.8. The maximum atomic E-state index is 11.8. The molecule has 0 atom stereocenters. The van der Waals surface area contributed by atoms with Crippen LogP contribution in [0.4, 0.5) is 4.79 Å². The van der Waals surface area contributed by atoms with E-state index in [0.717, 1.165) is 29.0 Å². The van der Waals surface area contributed by atoms with Gasteiger partial charge in [0.25, 0.3) is 0 Å². The van der Waals surface area contributed by atoms with Gasteiger partial charge in [-0.2, -0.15) is 0 Å². The van der Waals surface area contributed by atoms with Crippen LogP contribution in [0.1, 0.15) is 30.2 Å². The van der Waals surface area contributed by atoms with Crippen LogP contribution in [0.3, 0.4) is 0 Å². The monoisotopic (exact) mass is 301 g/mol. The lowest BCUT2D eigenvalue weighted by Gasteiger charge is -2.15. The van der Waals surface area contributed by atoms with Crippen molar-refractivity contribution in [2.75, 3.05) is 13.6 Å². The molecule has 1 aromatic heterocycles. The summed E-state index contributed by atoms with van der Waals surface area (Å²) in [4.78, 5) is 13.4. The number of hydrogen-bond donors (Lipinski definition) is 1. The van der Waals surface area contributed by atoms with E-state index in [1.165, 1.54) is 5.56 Å². The Morgan fingerprint density at radius 3 is 2.82 bits per heavy atom. The van der Waals surface area contributed by atoms with Gasteiger partial charge >= 0.3 is 6.03 Å². The van der Waals surface area contributed by atoms with E-state index in [1.54, 1.807) is 11.9 Å². The lowest BCUT2D eigenvalue weighted by Crippen LogP contribution is -2.37. The molecule has 1 heterocycles. The molecule has 0 aliphatic heterocycles. The second-order valence-corrected chi connectivity index (χ2v) is 5.59. The van der Waals surface area contributed by atoms with Crippen molar-refractivity contribution < 1.29 is 9.32 Å². The number of aromatic nitrogens is 1. The lowest BCUT2D eigenvalue weighted by atomic mass is 10.0. The molecule has 0 fully saturated rings. The fourth-order valence-electron chi connectivity index (χ4n) is 2.20. The molecule has 0 saturated heterocycles. The zero-order valence-corrected chi connectivity index (χ0v) is 13.6. The van der Waals surface area contributed by atoms with Crippen LogP contribution in [0.2, 0.25) is 0 Å². The number of nitrogens with one attached hydrogen (secondary N) is 1. The van der Waals surface area contributed by atoms with Gasteiger partial charge in [-0.25, -0.2) is 4.79 Å². The van der Waals surface area contributed by atoms with Crippen molar-refractivity contribution in [1.29, 1.82) is 0 Å². The number of hydrogen-bond acceptors (Lipinski definition) is 3. The van der Waals surface area contributed by atoms with Gasteiger partial charge in [0.15, 0.2) is 5.76 Å². The van der Waals surface area contributed by atoms with Crippen LogP contribution in [0.5, 0.6) is 0 Å². The summed E-state index contributed by atoms with van der Waals surface area (Å²) in [5.41, 5.74) is 4.10. The van der Waals surface area contributed by atoms with E-state index in [-0.39, 0.29) is 6.03 Å². The van der Waals surface area contributed by atoms with Gasteiger partial charge in [-0.3, -0.25) is 0 Å². The smallest absolute Gasteiger partial charge is 0.317 e. The van der Waals surface area contributed by atoms with Crippen molar-refractivity contribution in [3.8, 4) is 11.3 Å². The number of aryl methyl sites for hydroxylation is 2. The Morgan fingerprint density at radius 1 is 1.32 bits per heavy atom. The minimum absolute atomic E-state index is 0.0989. The molecule has 1 aromatic carbocycles. The summed E-state index contributed by atoms with van der Waals surface area (Å²) >= 11 is 0. The largest absolute Gasteiger partial charge is 0.356 e. The quantitative estimate of drug-likeness (QED) is 0.919. The molecule has 5 nitrogen and oxygen atoms in total. The Morgan fingerprint density at radius 2 is 2.09 bits per heavy atom. The highest BCUT2D eigenvalue weighted by Gasteiger charge is 2.13. The van der Waals surface area contributed by atoms with E-state index in [1.807, 2.05) is 26.8 Å². The number of urea groups is 1. The van der Waals surface area contributed by atoms with Crippen LogP contribution in [0.15, 0.2) is 28.8 Å². The Hall–Kier alpha value is -2.30. The summed E-state index contributed by atoms with van der Waals surface area (Å²) in [5.74, 6) is 0.735. The van der Waals surface area contributed by atoms with Gasteiger partial charge in [-0.1, -0.05) is 29.8 Å². The molecular weight excluding hydrogens is 278 g/mol. The molecule has 2 aromatic rings. The SMILES string of the molecule is CCCNC(=O)N(C)Cc1cc(-c2cc(C)ccc2C)on1. The van der Waals surface area contributed by atoms with Gasteiger partial charge in [-0.05, 0) is 31.9 Å². The third kappa shape index (κ3) is 3.87. The Balaban J connectivity index is 2.08. The molecular formula is C17H23N3O2. The average molecular weight is 301 g/mol. The number of rotatable bonds is 5. The van der Waals surface area contributed by atoms with Gasteiger partial charge in [0, 0.05) is 25.2 Å². The molecule has 22 heavy (non-hydrogen) atoms. The van der Waals surface area contributed by atoms with Crippen molar-refractivity contribution in [3.05, 3.63) is 41.1 Å². The third-order valence-electron chi connectivity index (χ3n) is 3.49. The second kappa shape index (κ2) is 7.11. The Labute approximate surface area is 131 Å². The van der Waals surface area contributed by atoms with Crippen LogP contribution < -0.4 is 5.32 Å². The zero-order chi connectivity index (χ0) is 16.1. The number of amides is 2. The van der Waals surface area contributed by atoms with Gasteiger partial charge in [0.1, 0.15) is 5.69 Å². The molecule has 2 rings (SSSR count). The van der Waals surface area contributed by atoms with Crippen LogP contribution in [-0.4, -0.2) is 29.7 Å². The van der Waals surface area contributed by atoms with Crippen molar-refractivity contribution in [2.24, 2.45) is 0 Å². The van der Waals surface area contributed by atoms with Gasteiger partial charge in [0.2, 0.25) is 0 Å². The zero-order valence-electron chi connectivity index (χ0n) is 13.6. The van der Waals surface area contributed by atoms with Crippen molar-refractivity contribution in [2.45, 2.75) is 33.7 Å². The lowest BCUT2D eigenvalue weighted by molar-refractivity contribution is 0.205. The van der Waals surface area contributed by atoms with E-state index in [0.29, 0.717) is 13.1 Å².